The van der Waals surface area contributed by atoms with Crippen LogP contribution in [0.5, 0.6) is 0 Å². The van der Waals surface area contributed by atoms with Crippen molar-refractivity contribution in [1.29, 1.82) is 5.26 Å². The molecular formula is C32H52N2O2. The van der Waals surface area contributed by atoms with E-state index < -0.39 is 5.41 Å². The fraction of sp³-hybridized carbons (Fsp3) is 0.844. The van der Waals surface area contributed by atoms with Gasteiger partial charge in [0, 0.05) is 17.4 Å². The number of nitrogens with zero attached hydrogens (tertiary/aromatic N) is 1. The molecule has 0 aromatic carbocycles. The Hall–Kier alpha value is -1.47. The Labute approximate surface area is 220 Å². The van der Waals surface area contributed by atoms with Crippen LogP contribution in [-0.2, 0) is 9.59 Å². The van der Waals surface area contributed by atoms with E-state index in [0.29, 0.717) is 17.8 Å². The lowest BCUT2D eigenvalue weighted by Gasteiger charge is -2.64. The Morgan fingerprint density at radius 2 is 1.75 bits per heavy atom. The number of hydrogen-bond donors (Lipinski definition) is 1. The molecule has 0 aliphatic heterocycles. The van der Waals surface area contributed by atoms with E-state index in [1.54, 1.807) is 6.92 Å². The van der Waals surface area contributed by atoms with Gasteiger partial charge in [0.25, 0.3) is 0 Å². The van der Waals surface area contributed by atoms with Crippen molar-refractivity contribution in [1.82, 2.24) is 0 Å². The van der Waals surface area contributed by atoms with Crippen LogP contribution in [0.4, 0.5) is 0 Å². The molecule has 3 aliphatic rings. The van der Waals surface area contributed by atoms with Gasteiger partial charge in [0.15, 0.2) is 5.78 Å². The zero-order valence-corrected chi connectivity index (χ0v) is 24.8. The summed E-state index contributed by atoms with van der Waals surface area (Å²) < 4.78 is 0. The van der Waals surface area contributed by atoms with Crippen molar-refractivity contribution in [2.75, 3.05) is 0 Å². The zero-order valence-electron chi connectivity index (χ0n) is 24.8. The third-order valence-electron chi connectivity index (χ3n) is 11.9. The Kier molecular flexibility index (Phi) is 7.33. The summed E-state index contributed by atoms with van der Waals surface area (Å²) in [4.78, 5) is 25.9. The Balaban J connectivity index is 1.99. The van der Waals surface area contributed by atoms with Gasteiger partial charge in [0.05, 0.1) is 5.57 Å². The van der Waals surface area contributed by atoms with Gasteiger partial charge in [-0.15, -0.1) is 0 Å². The summed E-state index contributed by atoms with van der Waals surface area (Å²) in [6.45, 7) is 22.1. The van der Waals surface area contributed by atoms with Gasteiger partial charge in [-0.05, 0) is 91.3 Å². The largest absolute Gasteiger partial charge is 0.325 e. The SMILES string of the molecule is CC(=O)C[C@@H]1[C@@]2(C)C=C(C#N)C(=O)C(C)(C)[C@@H]2CC[C@@]1(C)C(C)(C)CC[C@@]1(N)CCC(C)(C)CC1C. The second-order valence-electron chi connectivity index (χ2n) is 15.4. The second kappa shape index (κ2) is 9.07. The first kappa shape index (κ1) is 29.1. The first-order valence-corrected chi connectivity index (χ1v) is 14.2. The number of nitrogens with two attached hydrogens (primary N) is 1. The number of carbonyl (C=O) groups excluding carboxylic acids is 2. The molecule has 36 heavy (non-hydrogen) atoms. The maximum Gasteiger partial charge on any atom is 0.178 e. The average Bonchev–Trinajstić information content (AvgIpc) is 2.75. The highest BCUT2D eigenvalue weighted by Gasteiger charge is 2.63. The highest BCUT2D eigenvalue weighted by atomic mass is 16.1. The lowest BCUT2D eigenvalue weighted by molar-refractivity contribution is -0.155. The van der Waals surface area contributed by atoms with Gasteiger partial charge >= 0.3 is 0 Å². The van der Waals surface area contributed by atoms with E-state index in [-0.39, 0.29) is 50.8 Å². The quantitative estimate of drug-likeness (QED) is 0.415. The molecule has 1 unspecified atom stereocenters. The van der Waals surface area contributed by atoms with Crippen LogP contribution in [0, 0.1) is 56.2 Å². The topological polar surface area (TPSA) is 84.0 Å². The lowest BCUT2D eigenvalue weighted by atomic mass is 9.39. The number of rotatable bonds is 6. The average molecular weight is 497 g/mol. The molecule has 0 amide bonds. The fourth-order valence-corrected chi connectivity index (χ4v) is 8.86. The van der Waals surface area contributed by atoms with Gasteiger partial charge in [-0.3, -0.25) is 4.79 Å². The third kappa shape index (κ3) is 4.63. The number of nitriles is 1. The van der Waals surface area contributed by atoms with Crippen molar-refractivity contribution in [3.05, 3.63) is 11.6 Å². The Bertz CT molecular complexity index is 983. The van der Waals surface area contributed by atoms with E-state index in [1.165, 1.54) is 12.8 Å². The molecule has 0 spiro atoms. The highest BCUT2D eigenvalue weighted by molar-refractivity contribution is 6.04. The maximum absolute atomic E-state index is 13.2. The summed E-state index contributed by atoms with van der Waals surface area (Å²) in [6.07, 6.45) is 9.74. The van der Waals surface area contributed by atoms with Crippen LogP contribution in [-0.4, -0.2) is 17.1 Å². The van der Waals surface area contributed by atoms with Gasteiger partial charge in [-0.1, -0.05) is 68.4 Å². The van der Waals surface area contributed by atoms with Gasteiger partial charge in [0.1, 0.15) is 11.9 Å². The second-order valence-corrected chi connectivity index (χ2v) is 15.4. The van der Waals surface area contributed by atoms with E-state index in [0.717, 1.165) is 32.1 Å². The molecular weight excluding hydrogens is 444 g/mol. The first-order chi connectivity index (χ1) is 16.3. The maximum atomic E-state index is 13.2. The van der Waals surface area contributed by atoms with Crippen molar-refractivity contribution in [3.63, 3.8) is 0 Å². The van der Waals surface area contributed by atoms with E-state index in [9.17, 15) is 14.9 Å². The molecule has 2 N–H and O–H groups in total. The molecule has 0 radical (unpaired) electrons. The van der Waals surface area contributed by atoms with Gasteiger partial charge in [-0.25, -0.2) is 0 Å². The minimum absolute atomic E-state index is 0.0452. The van der Waals surface area contributed by atoms with Crippen molar-refractivity contribution in [2.24, 2.45) is 50.6 Å². The van der Waals surface area contributed by atoms with Crippen LogP contribution in [0.25, 0.3) is 0 Å². The molecule has 202 valence electrons. The normalized spacial score (nSPS) is 40.1. The molecule has 0 bridgehead atoms. The van der Waals surface area contributed by atoms with E-state index in [1.807, 2.05) is 19.9 Å². The number of ketones is 2. The van der Waals surface area contributed by atoms with Crippen molar-refractivity contribution in [3.8, 4) is 6.07 Å². The number of allylic oxidation sites excluding steroid dienone is 2. The monoisotopic (exact) mass is 496 g/mol. The summed E-state index contributed by atoms with van der Waals surface area (Å²) in [5, 5.41) is 9.86. The molecule has 6 atom stereocenters. The molecule has 3 aliphatic carbocycles. The van der Waals surface area contributed by atoms with Crippen molar-refractivity contribution < 1.29 is 9.59 Å². The Morgan fingerprint density at radius 1 is 1.14 bits per heavy atom. The van der Waals surface area contributed by atoms with E-state index in [4.69, 9.17) is 5.73 Å². The number of fused-ring (bicyclic) bond motifs is 1. The summed E-state index contributed by atoms with van der Waals surface area (Å²) in [6, 6.07) is 2.20. The number of carbonyl (C=O) groups is 2. The molecule has 0 heterocycles. The number of hydrogen-bond acceptors (Lipinski definition) is 4. The van der Waals surface area contributed by atoms with Crippen molar-refractivity contribution in [2.45, 2.75) is 126 Å². The smallest absolute Gasteiger partial charge is 0.178 e. The molecule has 4 heteroatoms. The summed E-state index contributed by atoms with van der Waals surface area (Å²) in [5.41, 5.74) is 6.42. The Morgan fingerprint density at radius 3 is 2.28 bits per heavy atom. The van der Waals surface area contributed by atoms with E-state index >= 15 is 0 Å². The van der Waals surface area contributed by atoms with Crippen molar-refractivity contribution >= 4 is 11.6 Å². The first-order valence-electron chi connectivity index (χ1n) is 14.2. The predicted molar refractivity (Wildman–Crippen MR) is 147 cm³/mol. The van der Waals surface area contributed by atoms with Crippen LogP contribution in [0.2, 0.25) is 0 Å². The van der Waals surface area contributed by atoms with Crippen LogP contribution in [0.3, 0.4) is 0 Å². The molecule has 0 aromatic rings. The molecule has 3 rings (SSSR count). The van der Waals surface area contributed by atoms with Crippen LogP contribution in [0.15, 0.2) is 11.6 Å². The lowest BCUT2D eigenvalue weighted by Crippen LogP contribution is -2.60. The van der Waals surface area contributed by atoms with Crippen LogP contribution < -0.4 is 5.73 Å². The molecule has 2 fully saturated rings. The third-order valence-corrected chi connectivity index (χ3v) is 11.9. The predicted octanol–water partition coefficient (Wildman–Crippen LogP) is 7.41. The highest BCUT2D eigenvalue weighted by Crippen LogP contribution is 2.68. The van der Waals surface area contributed by atoms with Gasteiger partial charge < -0.3 is 10.5 Å². The summed E-state index contributed by atoms with van der Waals surface area (Å²) in [5.74, 6) is 0.797. The molecule has 0 aromatic heterocycles. The molecule has 2 saturated carbocycles. The van der Waals surface area contributed by atoms with E-state index in [2.05, 4.69) is 54.5 Å². The van der Waals surface area contributed by atoms with Crippen LogP contribution in [0.1, 0.15) is 121 Å². The number of Topliss-reactive ketones (excluding diaryl/α,β-unsaturated/α-hetero) is 2. The van der Waals surface area contributed by atoms with Gasteiger partial charge in [0.2, 0.25) is 0 Å². The molecule has 4 nitrogen and oxygen atoms in total. The fourth-order valence-electron chi connectivity index (χ4n) is 8.86. The van der Waals surface area contributed by atoms with Gasteiger partial charge in [-0.2, -0.15) is 5.26 Å². The minimum atomic E-state index is -0.610. The zero-order chi connectivity index (χ0) is 27.5. The summed E-state index contributed by atoms with van der Waals surface area (Å²) in [7, 11) is 0. The summed E-state index contributed by atoms with van der Waals surface area (Å²) >= 11 is 0. The van der Waals surface area contributed by atoms with Crippen LogP contribution >= 0.6 is 0 Å². The molecule has 0 saturated heterocycles. The minimum Gasteiger partial charge on any atom is -0.325 e. The standard InChI is InChI=1S/C32H52N2O2/c1-21-18-27(3,4)13-15-32(21,34)16-14-28(5,6)31(10)12-11-24-29(7,8)26(36)23(20-33)19-30(24,9)25(31)17-22(2)35/h19,21,24-25H,11-18,34H2,1-10H3/t21?,24-,25+,30-,31+,32-/m0/s1.